The van der Waals surface area contributed by atoms with Gasteiger partial charge in [0.25, 0.3) is 5.69 Å². The van der Waals surface area contributed by atoms with Crippen molar-refractivity contribution in [2.75, 3.05) is 11.9 Å². The van der Waals surface area contributed by atoms with Crippen LogP contribution in [0.25, 0.3) is 0 Å². The first kappa shape index (κ1) is 15.4. The van der Waals surface area contributed by atoms with Crippen molar-refractivity contribution in [1.29, 1.82) is 5.26 Å². The first-order chi connectivity index (χ1) is 9.45. The number of nitro benzene ring substituents is 1. The quantitative estimate of drug-likeness (QED) is 0.449. The van der Waals surface area contributed by atoms with Gasteiger partial charge in [0, 0.05) is 18.7 Å². The van der Waals surface area contributed by atoms with Gasteiger partial charge in [-0.2, -0.15) is 5.26 Å². The van der Waals surface area contributed by atoms with E-state index >= 15 is 0 Å². The summed E-state index contributed by atoms with van der Waals surface area (Å²) in [6, 6.07) is 5.91. The highest BCUT2D eigenvalue weighted by Gasteiger charge is 2.12. The number of aliphatic carboxylic acids is 1. The lowest BCUT2D eigenvalue weighted by Crippen LogP contribution is -2.12. The second-order valence-electron chi connectivity index (χ2n) is 4.41. The number of hydrogen-bond donors (Lipinski definition) is 2. The van der Waals surface area contributed by atoms with Gasteiger partial charge in [-0.15, -0.1) is 0 Å². The normalized spacial score (nSPS) is 11.4. The molecule has 0 amide bonds. The third-order valence-electron chi connectivity index (χ3n) is 2.89. The summed E-state index contributed by atoms with van der Waals surface area (Å²) in [6.45, 7) is 2.14. The minimum Gasteiger partial charge on any atom is -0.481 e. The number of nitro groups is 1. The van der Waals surface area contributed by atoms with E-state index in [9.17, 15) is 14.9 Å². The van der Waals surface area contributed by atoms with Crippen LogP contribution < -0.4 is 5.32 Å². The average molecular weight is 277 g/mol. The molecule has 106 valence electrons. The fourth-order valence-corrected chi connectivity index (χ4v) is 1.65. The van der Waals surface area contributed by atoms with Gasteiger partial charge in [-0.25, -0.2) is 0 Å². The Kier molecular flexibility index (Phi) is 5.47. The van der Waals surface area contributed by atoms with E-state index in [1.807, 2.05) is 6.07 Å². The van der Waals surface area contributed by atoms with Crippen molar-refractivity contribution in [3.05, 3.63) is 33.9 Å². The lowest BCUT2D eigenvalue weighted by Gasteiger charge is -2.09. The number of nitrogens with zero attached hydrogens (tertiary/aromatic N) is 2. The van der Waals surface area contributed by atoms with Crippen LogP contribution in [0.3, 0.4) is 0 Å². The fourth-order valence-electron chi connectivity index (χ4n) is 1.65. The first-order valence-corrected chi connectivity index (χ1v) is 6.11. The number of anilines is 1. The van der Waals surface area contributed by atoms with Gasteiger partial charge in [-0.1, -0.05) is 6.92 Å². The lowest BCUT2D eigenvalue weighted by atomic mass is 10.1. The molecule has 1 unspecified atom stereocenters. The van der Waals surface area contributed by atoms with Gasteiger partial charge >= 0.3 is 5.97 Å². The zero-order valence-corrected chi connectivity index (χ0v) is 11.0. The van der Waals surface area contributed by atoms with Gasteiger partial charge in [0.05, 0.1) is 22.1 Å². The van der Waals surface area contributed by atoms with Crippen LogP contribution in [0.5, 0.6) is 0 Å². The summed E-state index contributed by atoms with van der Waals surface area (Å²) in [6.07, 6.45) is 1.16. The molecule has 0 aliphatic carbocycles. The highest BCUT2D eigenvalue weighted by atomic mass is 16.6. The zero-order valence-electron chi connectivity index (χ0n) is 11.0. The molecule has 0 fully saturated rings. The van der Waals surface area contributed by atoms with Gasteiger partial charge in [-0.05, 0) is 18.9 Å². The number of rotatable bonds is 7. The molecule has 0 aliphatic rings. The predicted molar refractivity (Wildman–Crippen MR) is 72.3 cm³/mol. The molecule has 0 bridgehead atoms. The number of carboxylic acids is 1. The molecule has 1 atom stereocenters. The molecular weight excluding hydrogens is 262 g/mol. The molecule has 7 heteroatoms. The molecule has 0 spiro atoms. The Labute approximate surface area is 116 Å². The minimum atomic E-state index is -0.835. The van der Waals surface area contributed by atoms with Crippen LogP contribution >= 0.6 is 0 Å². The van der Waals surface area contributed by atoms with Gasteiger partial charge < -0.3 is 10.4 Å². The maximum atomic E-state index is 10.6. The van der Waals surface area contributed by atoms with Crippen LogP contribution in [0.15, 0.2) is 18.2 Å². The predicted octanol–water partition coefficient (Wildman–Crippen LogP) is 2.38. The smallest absolute Gasteiger partial charge is 0.306 e. The van der Waals surface area contributed by atoms with E-state index in [0.717, 1.165) is 0 Å². The molecule has 0 aliphatic heterocycles. The van der Waals surface area contributed by atoms with Crippen LogP contribution in [-0.4, -0.2) is 22.5 Å². The monoisotopic (exact) mass is 277 g/mol. The van der Waals surface area contributed by atoms with E-state index in [1.54, 1.807) is 6.92 Å². The zero-order chi connectivity index (χ0) is 15.1. The molecule has 0 aromatic heterocycles. The molecule has 0 saturated carbocycles. The number of benzene rings is 1. The van der Waals surface area contributed by atoms with E-state index in [2.05, 4.69) is 5.32 Å². The number of non-ortho nitro benzene ring substituents is 1. The van der Waals surface area contributed by atoms with Crippen LogP contribution in [0.4, 0.5) is 11.4 Å². The molecule has 1 rings (SSSR count). The summed E-state index contributed by atoms with van der Waals surface area (Å²) in [5, 5.41) is 31.3. The highest BCUT2D eigenvalue weighted by Crippen LogP contribution is 2.21. The molecule has 1 aromatic carbocycles. The van der Waals surface area contributed by atoms with Crippen LogP contribution in [0, 0.1) is 27.4 Å². The minimum absolute atomic E-state index is 0.133. The number of carbonyl (C=O) groups is 1. The van der Waals surface area contributed by atoms with Crippen molar-refractivity contribution < 1.29 is 14.8 Å². The van der Waals surface area contributed by atoms with Crippen molar-refractivity contribution in [3.8, 4) is 6.07 Å². The van der Waals surface area contributed by atoms with Crippen molar-refractivity contribution in [3.63, 3.8) is 0 Å². The Bertz CT molecular complexity index is 551. The number of nitriles is 1. The van der Waals surface area contributed by atoms with Crippen molar-refractivity contribution >= 4 is 17.3 Å². The number of hydrogen-bond acceptors (Lipinski definition) is 5. The van der Waals surface area contributed by atoms with Gasteiger partial charge in [-0.3, -0.25) is 14.9 Å². The SMILES string of the molecule is CC(CCCNc1ccc([N+](=O)[O-])cc1C#N)C(=O)O. The third kappa shape index (κ3) is 4.24. The largest absolute Gasteiger partial charge is 0.481 e. The number of carboxylic acid groups (broad SMARTS) is 1. The van der Waals surface area contributed by atoms with E-state index in [-0.39, 0.29) is 11.3 Å². The summed E-state index contributed by atoms with van der Waals surface area (Å²) < 4.78 is 0. The summed E-state index contributed by atoms with van der Waals surface area (Å²) >= 11 is 0. The Morgan fingerprint density at radius 1 is 1.60 bits per heavy atom. The van der Waals surface area contributed by atoms with Gasteiger partial charge in [0.1, 0.15) is 6.07 Å². The molecule has 0 heterocycles. The molecule has 0 saturated heterocycles. The Morgan fingerprint density at radius 3 is 2.85 bits per heavy atom. The molecule has 1 aromatic rings. The lowest BCUT2D eigenvalue weighted by molar-refractivity contribution is -0.384. The maximum Gasteiger partial charge on any atom is 0.306 e. The molecular formula is C13H15N3O4. The highest BCUT2D eigenvalue weighted by molar-refractivity contribution is 5.69. The Morgan fingerprint density at radius 2 is 2.30 bits per heavy atom. The van der Waals surface area contributed by atoms with Crippen LogP contribution in [0.2, 0.25) is 0 Å². The first-order valence-electron chi connectivity index (χ1n) is 6.11. The molecule has 7 nitrogen and oxygen atoms in total. The molecule has 0 radical (unpaired) electrons. The summed E-state index contributed by atoms with van der Waals surface area (Å²) in [7, 11) is 0. The summed E-state index contributed by atoms with van der Waals surface area (Å²) in [5.41, 5.74) is 0.582. The van der Waals surface area contributed by atoms with Crippen molar-refractivity contribution in [2.24, 2.45) is 5.92 Å². The van der Waals surface area contributed by atoms with E-state index in [4.69, 9.17) is 10.4 Å². The summed E-state index contributed by atoms with van der Waals surface area (Å²) in [4.78, 5) is 20.7. The number of nitrogens with one attached hydrogen (secondary N) is 1. The molecule has 20 heavy (non-hydrogen) atoms. The van der Waals surface area contributed by atoms with E-state index < -0.39 is 16.8 Å². The third-order valence-corrected chi connectivity index (χ3v) is 2.89. The van der Waals surface area contributed by atoms with E-state index in [1.165, 1.54) is 18.2 Å². The second-order valence-corrected chi connectivity index (χ2v) is 4.41. The van der Waals surface area contributed by atoms with Crippen molar-refractivity contribution in [2.45, 2.75) is 19.8 Å². The average Bonchev–Trinajstić information content (AvgIpc) is 2.42. The summed E-state index contributed by atoms with van der Waals surface area (Å²) in [5.74, 6) is -1.25. The maximum absolute atomic E-state index is 10.6. The standard InChI is InChI=1S/C13H15N3O4/c1-9(13(17)18)3-2-6-15-12-5-4-11(16(19)20)7-10(12)8-14/h4-5,7,9,15H,2-3,6H2,1H3,(H,17,18). The topological polar surface area (TPSA) is 116 Å². The Hall–Kier alpha value is -2.62. The van der Waals surface area contributed by atoms with Crippen molar-refractivity contribution in [1.82, 2.24) is 0 Å². The second kappa shape index (κ2) is 7.09. The van der Waals surface area contributed by atoms with Crippen LogP contribution in [-0.2, 0) is 4.79 Å². The Balaban J connectivity index is 2.58. The van der Waals surface area contributed by atoms with Gasteiger partial charge in [0.15, 0.2) is 0 Å². The van der Waals surface area contributed by atoms with E-state index in [0.29, 0.717) is 25.1 Å². The van der Waals surface area contributed by atoms with Crippen LogP contribution in [0.1, 0.15) is 25.3 Å². The molecule has 2 N–H and O–H groups in total. The van der Waals surface area contributed by atoms with Gasteiger partial charge in [0.2, 0.25) is 0 Å². The fraction of sp³-hybridized carbons (Fsp3) is 0.385.